The van der Waals surface area contributed by atoms with Crippen LogP contribution in [0, 0.1) is 5.92 Å². The van der Waals surface area contributed by atoms with E-state index in [2.05, 4.69) is 9.47 Å². The van der Waals surface area contributed by atoms with Crippen molar-refractivity contribution in [3.8, 4) is 0 Å². The van der Waals surface area contributed by atoms with Gasteiger partial charge in [0.05, 0.1) is 42.8 Å². The predicted molar refractivity (Wildman–Crippen MR) is 97.2 cm³/mol. The second kappa shape index (κ2) is 9.16. The molecule has 28 heavy (non-hydrogen) atoms. The van der Waals surface area contributed by atoms with Crippen molar-refractivity contribution in [3.63, 3.8) is 0 Å². The number of hydrogen-bond donors (Lipinski definition) is 0. The summed E-state index contributed by atoms with van der Waals surface area (Å²) in [7, 11) is -1.88. The number of ether oxygens (including phenoxy) is 3. The van der Waals surface area contributed by atoms with Crippen molar-refractivity contribution < 1.29 is 37.0 Å². The molecule has 1 atom stereocenters. The van der Waals surface area contributed by atoms with E-state index in [4.69, 9.17) is 4.74 Å². The highest BCUT2D eigenvalue weighted by molar-refractivity contribution is 7.89. The Labute approximate surface area is 163 Å². The molecule has 0 radical (unpaired) electrons. The maximum absolute atomic E-state index is 13.2. The van der Waals surface area contributed by atoms with Gasteiger partial charge in [0.25, 0.3) is 0 Å². The molecule has 1 aromatic carbocycles. The standard InChI is InChI=1S/C18H23NO8S/c1-4-27-17(21)13-6-5-9-19(11-13)28(23,24)15-10-12(16(20)25-2)7-8-14(15)18(22)26-3/h7-8,10,13H,4-6,9,11H2,1-3H3. The number of carbonyl (C=O) groups is 3. The molecule has 10 heteroatoms. The molecule has 1 aromatic rings. The van der Waals surface area contributed by atoms with Crippen molar-refractivity contribution in [2.24, 2.45) is 5.92 Å². The minimum Gasteiger partial charge on any atom is -0.466 e. The number of methoxy groups -OCH3 is 2. The van der Waals surface area contributed by atoms with Gasteiger partial charge in [-0.05, 0) is 38.0 Å². The molecule has 1 aliphatic heterocycles. The fourth-order valence-corrected chi connectivity index (χ4v) is 4.74. The summed E-state index contributed by atoms with van der Waals surface area (Å²) in [4.78, 5) is 35.6. The summed E-state index contributed by atoms with van der Waals surface area (Å²) in [5.41, 5.74) is -0.221. The van der Waals surface area contributed by atoms with Gasteiger partial charge in [-0.2, -0.15) is 4.31 Å². The summed E-state index contributed by atoms with van der Waals surface area (Å²) in [5, 5.41) is 0. The van der Waals surface area contributed by atoms with Gasteiger partial charge in [-0.15, -0.1) is 0 Å². The molecule has 154 valence electrons. The zero-order chi connectivity index (χ0) is 20.9. The summed E-state index contributed by atoms with van der Waals surface area (Å²) in [6, 6.07) is 3.58. The molecule has 0 spiro atoms. The summed E-state index contributed by atoms with van der Waals surface area (Å²) in [6.45, 7) is 2.00. The Hall–Kier alpha value is -2.46. The van der Waals surface area contributed by atoms with E-state index in [0.717, 1.165) is 17.5 Å². The van der Waals surface area contributed by atoms with Crippen LogP contribution in [0.2, 0.25) is 0 Å². The normalized spacial score (nSPS) is 17.6. The molecule has 0 bridgehead atoms. The van der Waals surface area contributed by atoms with E-state index in [1.54, 1.807) is 6.92 Å². The zero-order valence-electron chi connectivity index (χ0n) is 16.0. The number of benzene rings is 1. The molecular formula is C18H23NO8S. The van der Waals surface area contributed by atoms with Gasteiger partial charge in [-0.3, -0.25) is 4.79 Å². The van der Waals surface area contributed by atoms with E-state index in [-0.39, 0.29) is 35.7 Å². The zero-order valence-corrected chi connectivity index (χ0v) is 16.8. The smallest absolute Gasteiger partial charge is 0.339 e. The van der Waals surface area contributed by atoms with Gasteiger partial charge in [-0.1, -0.05) is 0 Å². The van der Waals surface area contributed by atoms with Gasteiger partial charge < -0.3 is 14.2 Å². The fraction of sp³-hybridized carbons (Fsp3) is 0.500. The Morgan fingerprint density at radius 2 is 1.82 bits per heavy atom. The van der Waals surface area contributed by atoms with Crippen LogP contribution in [0.25, 0.3) is 0 Å². The molecule has 1 unspecified atom stereocenters. The molecular weight excluding hydrogens is 390 g/mol. The van der Waals surface area contributed by atoms with Crippen LogP contribution in [0.3, 0.4) is 0 Å². The van der Waals surface area contributed by atoms with Crippen molar-refractivity contribution in [2.45, 2.75) is 24.7 Å². The number of rotatable bonds is 6. The van der Waals surface area contributed by atoms with Crippen LogP contribution in [0.5, 0.6) is 0 Å². The maximum Gasteiger partial charge on any atom is 0.339 e. The molecule has 0 saturated carbocycles. The van der Waals surface area contributed by atoms with E-state index < -0.39 is 33.8 Å². The van der Waals surface area contributed by atoms with Crippen LogP contribution >= 0.6 is 0 Å². The van der Waals surface area contributed by atoms with Gasteiger partial charge in [0.2, 0.25) is 10.0 Å². The molecule has 2 rings (SSSR count). The number of esters is 3. The van der Waals surface area contributed by atoms with Crippen molar-refractivity contribution in [1.82, 2.24) is 4.31 Å². The summed E-state index contributed by atoms with van der Waals surface area (Å²) in [6.07, 6.45) is 0.976. The lowest BCUT2D eigenvalue weighted by Crippen LogP contribution is -2.43. The van der Waals surface area contributed by atoms with Gasteiger partial charge in [-0.25, -0.2) is 18.0 Å². The number of nitrogens with zero attached hydrogens (tertiary/aromatic N) is 1. The topological polar surface area (TPSA) is 116 Å². The number of hydrogen-bond acceptors (Lipinski definition) is 8. The number of sulfonamides is 1. The average Bonchev–Trinajstić information content (AvgIpc) is 2.72. The maximum atomic E-state index is 13.2. The third-order valence-corrected chi connectivity index (χ3v) is 6.33. The number of carbonyl (C=O) groups excluding carboxylic acids is 3. The van der Waals surface area contributed by atoms with Crippen molar-refractivity contribution >= 4 is 27.9 Å². The summed E-state index contributed by atoms with van der Waals surface area (Å²) >= 11 is 0. The van der Waals surface area contributed by atoms with Crippen LogP contribution in [-0.4, -0.2) is 64.5 Å². The first-order valence-corrected chi connectivity index (χ1v) is 10.2. The van der Waals surface area contributed by atoms with Crippen LogP contribution in [0.1, 0.15) is 40.5 Å². The average molecular weight is 413 g/mol. The molecule has 1 fully saturated rings. The Bertz CT molecular complexity index is 864. The largest absolute Gasteiger partial charge is 0.466 e. The third kappa shape index (κ3) is 4.50. The first-order chi connectivity index (χ1) is 13.3. The van der Waals surface area contributed by atoms with Gasteiger partial charge in [0, 0.05) is 13.1 Å². The highest BCUT2D eigenvalue weighted by Crippen LogP contribution is 2.28. The molecule has 0 N–H and O–H groups in total. The van der Waals surface area contributed by atoms with Crippen molar-refractivity contribution in [2.75, 3.05) is 33.9 Å². The van der Waals surface area contributed by atoms with Crippen molar-refractivity contribution in [1.29, 1.82) is 0 Å². The Morgan fingerprint density at radius 3 is 2.43 bits per heavy atom. The second-order valence-electron chi connectivity index (χ2n) is 6.15. The Balaban J connectivity index is 2.46. The highest BCUT2D eigenvalue weighted by atomic mass is 32.2. The van der Waals surface area contributed by atoms with Gasteiger partial charge >= 0.3 is 17.9 Å². The predicted octanol–water partition coefficient (Wildman–Crippen LogP) is 1.22. The lowest BCUT2D eigenvalue weighted by Gasteiger charge is -2.31. The molecule has 1 heterocycles. The van der Waals surface area contributed by atoms with E-state index in [0.29, 0.717) is 12.8 Å². The Kier molecular flexibility index (Phi) is 7.14. The highest BCUT2D eigenvalue weighted by Gasteiger charge is 2.36. The molecule has 1 aliphatic rings. The molecule has 1 saturated heterocycles. The summed E-state index contributed by atoms with van der Waals surface area (Å²) < 4.78 is 41.9. The van der Waals surface area contributed by atoms with Crippen LogP contribution < -0.4 is 0 Å². The molecule has 0 aliphatic carbocycles. The number of piperidine rings is 1. The van der Waals surface area contributed by atoms with E-state index in [9.17, 15) is 22.8 Å². The third-order valence-electron chi connectivity index (χ3n) is 4.43. The van der Waals surface area contributed by atoms with Gasteiger partial charge in [0.1, 0.15) is 0 Å². The van der Waals surface area contributed by atoms with Gasteiger partial charge in [0.15, 0.2) is 0 Å². The monoisotopic (exact) mass is 413 g/mol. The first kappa shape index (κ1) is 21.8. The first-order valence-electron chi connectivity index (χ1n) is 8.73. The lowest BCUT2D eigenvalue weighted by atomic mass is 10.0. The van der Waals surface area contributed by atoms with Crippen LogP contribution in [0.4, 0.5) is 0 Å². The van der Waals surface area contributed by atoms with Crippen LogP contribution in [0.15, 0.2) is 23.1 Å². The minimum atomic E-state index is -4.18. The van der Waals surface area contributed by atoms with E-state index in [1.807, 2.05) is 0 Å². The van der Waals surface area contributed by atoms with Crippen LogP contribution in [-0.2, 0) is 29.0 Å². The van der Waals surface area contributed by atoms with E-state index in [1.165, 1.54) is 19.2 Å². The fourth-order valence-electron chi connectivity index (χ4n) is 3.01. The molecule has 0 amide bonds. The second-order valence-corrected chi connectivity index (χ2v) is 8.05. The summed E-state index contributed by atoms with van der Waals surface area (Å²) in [5.74, 6) is -2.64. The Morgan fingerprint density at radius 1 is 1.14 bits per heavy atom. The molecule has 9 nitrogen and oxygen atoms in total. The SMILES string of the molecule is CCOC(=O)C1CCCN(S(=O)(=O)c2cc(C(=O)OC)ccc2C(=O)OC)C1. The lowest BCUT2D eigenvalue weighted by molar-refractivity contribution is -0.149. The van der Waals surface area contributed by atoms with E-state index >= 15 is 0 Å². The molecule has 0 aromatic heterocycles. The quantitative estimate of drug-likeness (QED) is 0.505. The van der Waals surface area contributed by atoms with Crippen molar-refractivity contribution in [3.05, 3.63) is 29.3 Å². The minimum absolute atomic E-state index is 0.0207.